The molecule has 7 nitrogen and oxygen atoms in total. The zero-order valence-electron chi connectivity index (χ0n) is 11.1. The molecule has 0 amide bonds. The Balaban J connectivity index is 1.46. The molecule has 106 valence electrons. The van der Waals surface area contributed by atoms with Gasteiger partial charge in [0.2, 0.25) is 16.9 Å². The molecule has 21 heavy (non-hydrogen) atoms. The van der Waals surface area contributed by atoms with E-state index in [1.54, 1.807) is 0 Å². The molecular weight excluding hydrogens is 288 g/mol. The van der Waals surface area contributed by atoms with Crippen molar-refractivity contribution in [2.75, 3.05) is 0 Å². The monoisotopic (exact) mass is 300 g/mol. The molecule has 0 radical (unpaired) electrons. The first-order valence-corrected chi connectivity index (χ1v) is 7.67. The molecule has 2 aromatic heterocycles. The Kier molecular flexibility index (Phi) is 3.15. The van der Waals surface area contributed by atoms with Crippen LogP contribution in [0.15, 0.2) is 39.9 Å². The zero-order valence-corrected chi connectivity index (χ0v) is 11.9. The van der Waals surface area contributed by atoms with Crippen molar-refractivity contribution in [2.45, 2.75) is 29.8 Å². The quantitative estimate of drug-likeness (QED) is 0.669. The molecule has 8 heteroatoms. The molecule has 4 rings (SSSR count). The van der Waals surface area contributed by atoms with Gasteiger partial charge < -0.3 is 4.42 Å². The lowest BCUT2D eigenvalue weighted by molar-refractivity contribution is 0.527. The van der Waals surface area contributed by atoms with Crippen molar-refractivity contribution in [3.63, 3.8) is 0 Å². The molecular formula is C13H12N6OS. The minimum Gasteiger partial charge on any atom is -0.420 e. The van der Waals surface area contributed by atoms with Gasteiger partial charge in [0.15, 0.2) is 0 Å². The third kappa shape index (κ3) is 2.66. The van der Waals surface area contributed by atoms with Gasteiger partial charge in [-0.3, -0.25) is 0 Å². The topological polar surface area (TPSA) is 82.5 Å². The third-order valence-corrected chi connectivity index (χ3v) is 4.09. The number of hydrogen-bond donors (Lipinski definition) is 0. The SMILES string of the molecule is c1ccc(-c2nnc(CSc3nnnn3C3CC3)o2)cc1. The van der Waals surface area contributed by atoms with E-state index in [2.05, 4.69) is 25.7 Å². The van der Waals surface area contributed by atoms with Crippen molar-refractivity contribution in [3.8, 4) is 11.5 Å². The van der Waals surface area contributed by atoms with Crippen LogP contribution in [0.1, 0.15) is 24.8 Å². The van der Waals surface area contributed by atoms with Crippen molar-refractivity contribution in [1.82, 2.24) is 30.4 Å². The maximum atomic E-state index is 5.66. The second-order valence-corrected chi connectivity index (χ2v) is 5.74. The van der Waals surface area contributed by atoms with Crippen LogP contribution in [0.25, 0.3) is 11.5 Å². The van der Waals surface area contributed by atoms with Gasteiger partial charge in [-0.1, -0.05) is 30.0 Å². The minimum absolute atomic E-state index is 0.463. The summed E-state index contributed by atoms with van der Waals surface area (Å²) in [6.07, 6.45) is 2.30. The number of thioether (sulfide) groups is 1. The summed E-state index contributed by atoms with van der Waals surface area (Å²) >= 11 is 1.51. The van der Waals surface area contributed by atoms with Gasteiger partial charge in [-0.25, -0.2) is 4.68 Å². The molecule has 2 heterocycles. The summed E-state index contributed by atoms with van der Waals surface area (Å²) in [6.45, 7) is 0. The van der Waals surface area contributed by atoms with Crippen LogP contribution in [0.4, 0.5) is 0 Å². The Labute approximate surface area is 124 Å². The highest BCUT2D eigenvalue weighted by Gasteiger charge is 2.28. The normalized spacial score (nSPS) is 14.5. The number of benzene rings is 1. The Hall–Kier alpha value is -2.22. The Morgan fingerprint density at radius 1 is 1.14 bits per heavy atom. The van der Waals surface area contributed by atoms with E-state index in [1.807, 2.05) is 35.0 Å². The molecule has 1 aromatic carbocycles. The number of hydrogen-bond acceptors (Lipinski definition) is 7. The Bertz CT molecular complexity index is 736. The summed E-state index contributed by atoms with van der Waals surface area (Å²) in [5.74, 6) is 1.67. The summed E-state index contributed by atoms with van der Waals surface area (Å²) in [4.78, 5) is 0. The maximum absolute atomic E-state index is 5.66. The lowest BCUT2D eigenvalue weighted by Gasteiger charge is -1.99. The fraction of sp³-hybridized carbons (Fsp3) is 0.308. The second-order valence-electron chi connectivity index (χ2n) is 4.79. The van der Waals surface area contributed by atoms with Crippen molar-refractivity contribution in [3.05, 3.63) is 36.2 Å². The van der Waals surface area contributed by atoms with E-state index in [9.17, 15) is 0 Å². The van der Waals surface area contributed by atoms with E-state index in [0.717, 1.165) is 23.6 Å². The standard InChI is InChI=1S/C13H12N6OS/c1-2-4-9(5-3-1)12-15-14-11(20-12)8-21-13-16-17-18-19(13)10-6-7-10/h1-5,10H,6-8H2. The van der Waals surface area contributed by atoms with Crippen molar-refractivity contribution in [2.24, 2.45) is 0 Å². The first kappa shape index (κ1) is 12.5. The maximum Gasteiger partial charge on any atom is 0.247 e. The van der Waals surface area contributed by atoms with Crippen molar-refractivity contribution in [1.29, 1.82) is 0 Å². The predicted molar refractivity (Wildman–Crippen MR) is 75.4 cm³/mol. The largest absolute Gasteiger partial charge is 0.420 e. The first-order valence-electron chi connectivity index (χ1n) is 6.68. The minimum atomic E-state index is 0.463. The molecule has 0 aliphatic heterocycles. The molecule has 0 atom stereocenters. The molecule has 1 saturated carbocycles. The highest BCUT2D eigenvalue weighted by Crippen LogP contribution is 2.36. The van der Waals surface area contributed by atoms with E-state index in [-0.39, 0.29) is 0 Å². The van der Waals surface area contributed by atoms with E-state index in [0.29, 0.717) is 23.6 Å². The van der Waals surface area contributed by atoms with Gasteiger partial charge in [0, 0.05) is 5.56 Å². The predicted octanol–water partition coefficient (Wildman–Crippen LogP) is 2.35. The number of aromatic nitrogens is 6. The molecule has 0 bridgehead atoms. The molecule has 0 spiro atoms. The Morgan fingerprint density at radius 3 is 2.81 bits per heavy atom. The van der Waals surface area contributed by atoms with Crippen LogP contribution in [0, 0.1) is 0 Å². The van der Waals surface area contributed by atoms with Gasteiger partial charge in [0.1, 0.15) is 0 Å². The van der Waals surface area contributed by atoms with Gasteiger partial charge >= 0.3 is 0 Å². The van der Waals surface area contributed by atoms with Gasteiger partial charge in [0.05, 0.1) is 11.8 Å². The van der Waals surface area contributed by atoms with E-state index >= 15 is 0 Å². The Morgan fingerprint density at radius 2 is 2.00 bits per heavy atom. The van der Waals surface area contributed by atoms with Gasteiger partial charge in [-0.2, -0.15) is 0 Å². The van der Waals surface area contributed by atoms with Gasteiger partial charge in [0.25, 0.3) is 0 Å². The second kappa shape index (κ2) is 5.28. The fourth-order valence-electron chi connectivity index (χ4n) is 1.96. The first-order chi connectivity index (χ1) is 10.4. The highest BCUT2D eigenvalue weighted by molar-refractivity contribution is 7.98. The van der Waals surface area contributed by atoms with E-state index in [1.165, 1.54) is 11.8 Å². The smallest absolute Gasteiger partial charge is 0.247 e. The summed E-state index contributed by atoms with van der Waals surface area (Å²) in [6, 6.07) is 10.2. The third-order valence-electron chi connectivity index (χ3n) is 3.17. The van der Waals surface area contributed by atoms with Crippen LogP contribution < -0.4 is 0 Å². The van der Waals surface area contributed by atoms with Crippen LogP contribution in [0.2, 0.25) is 0 Å². The lowest BCUT2D eigenvalue weighted by atomic mass is 10.2. The lowest BCUT2D eigenvalue weighted by Crippen LogP contribution is -1.98. The van der Waals surface area contributed by atoms with E-state index in [4.69, 9.17) is 4.42 Å². The van der Waals surface area contributed by atoms with Gasteiger partial charge in [-0.15, -0.1) is 15.3 Å². The van der Waals surface area contributed by atoms with E-state index < -0.39 is 0 Å². The number of nitrogens with zero attached hydrogens (tertiary/aromatic N) is 6. The van der Waals surface area contributed by atoms with Crippen LogP contribution >= 0.6 is 11.8 Å². The molecule has 0 unspecified atom stereocenters. The van der Waals surface area contributed by atoms with Crippen molar-refractivity contribution >= 4 is 11.8 Å². The molecule has 0 N–H and O–H groups in total. The molecule has 1 aliphatic rings. The molecule has 0 saturated heterocycles. The molecule has 1 fully saturated rings. The van der Waals surface area contributed by atoms with Crippen LogP contribution in [-0.4, -0.2) is 30.4 Å². The van der Waals surface area contributed by atoms with Crippen LogP contribution in [-0.2, 0) is 5.75 Å². The molecule has 1 aliphatic carbocycles. The summed E-state index contributed by atoms with van der Waals surface area (Å²) in [5, 5.41) is 20.7. The fourth-order valence-corrected chi connectivity index (χ4v) is 2.75. The van der Waals surface area contributed by atoms with Crippen LogP contribution in [0.3, 0.4) is 0 Å². The summed E-state index contributed by atoms with van der Waals surface area (Å²) in [7, 11) is 0. The number of rotatable bonds is 5. The zero-order chi connectivity index (χ0) is 14.1. The van der Waals surface area contributed by atoms with Gasteiger partial charge in [-0.05, 0) is 35.4 Å². The summed E-state index contributed by atoms with van der Waals surface area (Å²) < 4.78 is 7.54. The average Bonchev–Trinajstić information content (AvgIpc) is 3.09. The average molecular weight is 300 g/mol. The van der Waals surface area contributed by atoms with Crippen molar-refractivity contribution < 1.29 is 4.42 Å². The summed E-state index contributed by atoms with van der Waals surface area (Å²) in [5.41, 5.74) is 0.920. The number of tetrazole rings is 1. The highest BCUT2D eigenvalue weighted by atomic mass is 32.2. The van der Waals surface area contributed by atoms with Crippen LogP contribution in [0.5, 0.6) is 0 Å². The molecule has 3 aromatic rings.